The Bertz CT molecular complexity index is 1040. The lowest BCUT2D eigenvalue weighted by Crippen LogP contribution is -2.40. The van der Waals surface area contributed by atoms with E-state index in [0.29, 0.717) is 0 Å². The molecule has 5 unspecified atom stereocenters. The number of halogens is 1. The fraction of sp³-hybridized carbons (Fsp3) is 0.722. The molecule has 12 nitrogen and oxygen atoms in total. The average Bonchev–Trinajstić information content (AvgIpc) is 3.23. The number of rotatable bonds is 8. The second-order valence-corrected chi connectivity index (χ2v) is 11.0. The molecule has 0 aromatic carbocycles. The van der Waals surface area contributed by atoms with Crippen molar-refractivity contribution in [3.05, 3.63) is 11.5 Å². The highest BCUT2D eigenvalue weighted by atomic mass is 35.5. The van der Waals surface area contributed by atoms with E-state index in [1.165, 1.54) is 17.8 Å². The van der Waals surface area contributed by atoms with Gasteiger partial charge in [0.25, 0.3) is 0 Å². The number of anilines is 1. The number of aromatic nitrogens is 4. The van der Waals surface area contributed by atoms with E-state index in [2.05, 4.69) is 15.0 Å². The van der Waals surface area contributed by atoms with Crippen molar-refractivity contribution >= 4 is 36.3 Å². The number of hydrogen-bond acceptors (Lipinski definition) is 10. The number of fused-ring (bicyclic) bond motifs is 1. The lowest BCUT2D eigenvalue weighted by Gasteiger charge is -2.37. The van der Waals surface area contributed by atoms with Crippen molar-refractivity contribution in [2.24, 2.45) is 0 Å². The number of ether oxygens (including phenoxy) is 1. The van der Waals surface area contributed by atoms with Crippen LogP contribution in [0.25, 0.3) is 11.2 Å². The maximum absolute atomic E-state index is 12.7. The predicted molar refractivity (Wildman–Crippen MR) is 116 cm³/mol. The van der Waals surface area contributed by atoms with Gasteiger partial charge in [0.2, 0.25) is 5.95 Å². The van der Waals surface area contributed by atoms with Gasteiger partial charge in [-0.15, -0.1) is 0 Å². The zero-order valence-electron chi connectivity index (χ0n) is 18.2. The summed E-state index contributed by atoms with van der Waals surface area (Å²) in [5.41, 5.74) is 4.89. The van der Waals surface area contributed by atoms with Crippen LogP contribution in [0.1, 0.15) is 53.2 Å². The number of aliphatic hydroxyl groups is 3. The van der Waals surface area contributed by atoms with E-state index < -0.39 is 43.1 Å². The van der Waals surface area contributed by atoms with E-state index in [4.69, 9.17) is 26.6 Å². The molecule has 2 aromatic heterocycles. The van der Waals surface area contributed by atoms with Gasteiger partial charge in [-0.25, -0.2) is 4.98 Å². The van der Waals surface area contributed by atoms with Crippen molar-refractivity contribution in [1.29, 1.82) is 0 Å². The van der Waals surface area contributed by atoms with Gasteiger partial charge < -0.3 is 35.2 Å². The minimum Gasteiger partial charge on any atom is -0.388 e. The first kappa shape index (κ1) is 25.3. The molecule has 14 heteroatoms. The number of aliphatic hydroxyl groups excluding tert-OH is 2. The minimum absolute atomic E-state index is 0.00512. The quantitative estimate of drug-likeness (QED) is 0.265. The van der Waals surface area contributed by atoms with Gasteiger partial charge >= 0.3 is 7.60 Å². The van der Waals surface area contributed by atoms with Crippen LogP contribution in [0.4, 0.5) is 5.95 Å². The maximum Gasteiger partial charge on any atom is 0.359 e. The molecule has 0 aliphatic carbocycles. The van der Waals surface area contributed by atoms with Crippen LogP contribution in [0.3, 0.4) is 0 Å². The summed E-state index contributed by atoms with van der Waals surface area (Å²) in [6.45, 7) is 6.12. The molecule has 1 aliphatic heterocycles. The minimum atomic E-state index is -4.44. The van der Waals surface area contributed by atoms with Crippen LogP contribution in [0.15, 0.2) is 6.33 Å². The molecule has 3 rings (SSSR count). The molecular formula is C18H29ClN5O7P. The van der Waals surface area contributed by atoms with Gasteiger partial charge in [-0.05, 0) is 26.7 Å². The first-order valence-corrected chi connectivity index (χ1v) is 12.1. The summed E-state index contributed by atoms with van der Waals surface area (Å²) < 4.78 is 25.5. The Hall–Kier alpha value is -1.37. The molecular weight excluding hydrogens is 465 g/mol. The Morgan fingerprint density at radius 3 is 2.53 bits per heavy atom. The third kappa shape index (κ3) is 4.51. The Balaban J connectivity index is 1.86. The highest BCUT2D eigenvalue weighted by Crippen LogP contribution is 2.59. The summed E-state index contributed by atoms with van der Waals surface area (Å²) in [6.07, 6.45) is -3.16. The third-order valence-electron chi connectivity index (χ3n) is 6.01. The third-order valence-corrected chi connectivity index (χ3v) is 8.50. The van der Waals surface area contributed by atoms with Crippen molar-refractivity contribution in [3.8, 4) is 0 Å². The molecule has 3 heterocycles. The van der Waals surface area contributed by atoms with Crippen LogP contribution in [0.2, 0.25) is 5.15 Å². The van der Waals surface area contributed by atoms with Gasteiger partial charge in [0, 0.05) is 6.42 Å². The highest BCUT2D eigenvalue weighted by molar-refractivity contribution is 7.54. The zero-order chi connectivity index (χ0) is 24.1. The summed E-state index contributed by atoms with van der Waals surface area (Å²) in [4.78, 5) is 22.4. The monoisotopic (exact) mass is 493 g/mol. The van der Waals surface area contributed by atoms with Crippen molar-refractivity contribution < 1.29 is 34.0 Å². The second kappa shape index (κ2) is 8.77. The molecule has 6 N–H and O–H groups in total. The normalized spacial score (nSPS) is 29.5. The van der Waals surface area contributed by atoms with Gasteiger partial charge in [0.05, 0.1) is 18.0 Å². The van der Waals surface area contributed by atoms with Gasteiger partial charge in [0.15, 0.2) is 22.4 Å². The first-order valence-electron chi connectivity index (χ1n) is 10.2. The standard InChI is InChI=1S/C18H29ClN5O7P/c1-5-17(3,31-32(28,29)18(4,27)6-2)7-9-11(25)12(26)15(30-9)24-8-21-10-13(19)22-16(20)23-14(10)24/h8-9,11-12,15,25-27H,5-7H2,1-4H3,(H,28,29)(H2,20,22,23)/t9?,11-,12?,15-,17?,18?/m1/s1. The summed E-state index contributed by atoms with van der Waals surface area (Å²) in [7, 11) is -4.44. The van der Waals surface area contributed by atoms with E-state index in [1.54, 1.807) is 20.8 Å². The summed E-state index contributed by atoms with van der Waals surface area (Å²) in [5.74, 6) is -0.0949. The molecule has 0 radical (unpaired) electrons. The number of nitrogens with zero attached hydrogens (tertiary/aromatic N) is 4. The largest absolute Gasteiger partial charge is 0.388 e. The molecule has 2 aromatic rings. The van der Waals surface area contributed by atoms with Gasteiger partial charge in [0.1, 0.15) is 17.7 Å². The van der Waals surface area contributed by atoms with Gasteiger partial charge in [-0.3, -0.25) is 9.13 Å². The number of nitrogens with two attached hydrogens (primary N) is 1. The van der Waals surface area contributed by atoms with E-state index in [0.717, 1.165) is 0 Å². The summed E-state index contributed by atoms with van der Waals surface area (Å²) in [6, 6.07) is 0. The Labute approximate surface area is 189 Å². The van der Waals surface area contributed by atoms with E-state index in [1.807, 2.05) is 0 Å². The molecule has 0 saturated carbocycles. The van der Waals surface area contributed by atoms with Crippen LogP contribution in [-0.2, 0) is 13.8 Å². The van der Waals surface area contributed by atoms with E-state index in [-0.39, 0.29) is 41.5 Å². The Morgan fingerprint density at radius 1 is 1.28 bits per heavy atom. The molecule has 0 amide bonds. The van der Waals surface area contributed by atoms with Crippen molar-refractivity contribution in [2.75, 3.05) is 5.73 Å². The topological polar surface area (TPSA) is 186 Å². The van der Waals surface area contributed by atoms with Crippen LogP contribution >= 0.6 is 19.2 Å². The fourth-order valence-electron chi connectivity index (χ4n) is 3.48. The summed E-state index contributed by atoms with van der Waals surface area (Å²) in [5, 5.41) is 29.7. The van der Waals surface area contributed by atoms with Crippen LogP contribution in [-0.4, -0.2) is 69.0 Å². The van der Waals surface area contributed by atoms with Crippen molar-refractivity contribution in [1.82, 2.24) is 19.5 Å². The fourth-order valence-corrected chi connectivity index (χ4v) is 5.10. The maximum atomic E-state index is 12.7. The summed E-state index contributed by atoms with van der Waals surface area (Å²) >= 11 is 6.05. The molecule has 0 spiro atoms. The number of imidazole rings is 1. The van der Waals surface area contributed by atoms with E-state index in [9.17, 15) is 24.8 Å². The van der Waals surface area contributed by atoms with Crippen LogP contribution in [0, 0.1) is 0 Å². The van der Waals surface area contributed by atoms with Crippen molar-refractivity contribution in [2.45, 2.75) is 82.4 Å². The smallest absolute Gasteiger partial charge is 0.359 e. The van der Waals surface area contributed by atoms with Gasteiger partial charge in [-0.2, -0.15) is 9.97 Å². The first-order chi connectivity index (χ1) is 14.7. The van der Waals surface area contributed by atoms with Crippen LogP contribution in [0.5, 0.6) is 0 Å². The molecule has 7 atom stereocenters. The van der Waals surface area contributed by atoms with E-state index >= 15 is 0 Å². The lowest BCUT2D eigenvalue weighted by molar-refractivity contribution is -0.0689. The highest BCUT2D eigenvalue weighted by Gasteiger charge is 2.50. The SMILES string of the molecule is CCC(C)(CC1O[C@@H](n2cnc3c(Cl)nc(N)nc32)C(O)[C@@H]1O)OP(=O)(O)C(C)(O)CC. The molecule has 180 valence electrons. The molecule has 1 saturated heterocycles. The number of nitrogen functional groups attached to an aromatic ring is 1. The Kier molecular flexibility index (Phi) is 6.92. The van der Waals surface area contributed by atoms with Crippen LogP contribution < -0.4 is 5.73 Å². The molecule has 1 aliphatic rings. The van der Waals surface area contributed by atoms with Crippen molar-refractivity contribution in [3.63, 3.8) is 0 Å². The predicted octanol–water partition coefficient (Wildman–Crippen LogP) is 1.56. The number of hydrogen-bond donors (Lipinski definition) is 5. The average molecular weight is 494 g/mol. The lowest BCUT2D eigenvalue weighted by atomic mass is 9.93. The Morgan fingerprint density at radius 2 is 1.94 bits per heavy atom. The zero-order valence-corrected chi connectivity index (χ0v) is 19.9. The second-order valence-electron chi connectivity index (χ2n) is 8.43. The van der Waals surface area contributed by atoms with Gasteiger partial charge in [-0.1, -0.05) is 25.4 Å². The molecule has 0 bridgehead atoms. The molecule has 32 heavy (non-hydrogen) atoms. The molecule has 1 fully saturated rings.